The van der Waals surface area contributed by atoms with Crippen LogP contribution in [0.4, 0.5) is 0 Å². The van der Waals surface area contributed by atoms with Gasteiger partial charge in [0, 0.05) is 26.2 Å². The maximum absolute atomic E-state index is 11.7. The number of likely N-dealkylation sites (N-methyl/N-ethyl adjacent to an activating group) is 2. The maximum atomic E-state index is 11.7. The molecule has 1 saturated heterocycles. The molecule has 14 heavy (non-hydrogen) atoms. The van der Waals surface area contributed by atoms with Crippen LogP contribution in [0, 0.1) is 0 Å². The van der Waals surface area contributed by atoms with Gasteiger partial charge in [0.15, 0.2) is 0 Å². The summed E-state index contributed by atoms with van der Waals surface area (Å²) in [5, 5.41) is 3.15. The van der Waals surface area contributed by atoms with E-state index < -0.39 is 0 Å². The van der Waals surface area contributed by atoms with Crippen molar-refractivity contribution in [2.75, 3.05) is 33.7 Å². The summed E-state index contributed by atoms with van der Waals surface area (Å²) in [6.07, 6.45) is 2.56. The summed E-state index contributed by atoms with van der Waals surface area (Å²) in [4.78, 5) is 15.9. The Bertz CT molecular complexity index is 227. The largest absolute Gasteiger partial charge is 0.339 e. The molecule has 1 heterocycles. The standard InChI is InChI=1S/C10H19N3O/c1-11-5-9-6-13(8-3-4-8)7-10(14)12(9)2/h8-9,11H,3-7H2,1-2H3. The van der Waals surface area contributed by atoms with E-state index in [0.29, 0.717) is 18.6 Å². The van der Waals surface area contributed by atoms with Crippen molar-refractivity contribution in [3.63, 3.8) is 0 Å². The van der Waals surface area contributed by atoms with Gasteiger partial charge in [-0.2, -0.15) is 0 Å². The smallest absolute Gasteiger partial charge is 0.236 e. The average molecular weight is 197 g/mol. The first-order chi connectivity index (χ1) is 6.72. The highest BCUT2D eigenvalue weighted by atomic mass is 16.2. The lowest BCUT2D eigenvalue weighted by Gasteiger charge is -2.39. The van der Waals surface area contributed by atoms with Crippen molar-refractivity contribution in [3.05, 3.63) is 0 Å². The molecule has 0 aromatic rings. The monoisotopic (exact) mass is 197 g/mol. The number of hydrogen-bond donors (Lipinski definition) is 1. The second-order valence-electron chi connectivity index (χ2n) is 4.38. The molecule has 1 N–H and O–H groups in total. The van der Waals surface area contributed by atoms with E-state index in [2.05, 4.69) is 10.2 Å². The lowest BCUT2D eigenvalue weighted by atomic mass is 10.1. The van der Waals surface area contributed by atoms with Crippen molar-refractivity contribution >= 4 is 5.91 Å². The van der Waals surface area contributed by atoms with E-state index in [0.717, 1.165) is 13.1 Å². The van der Waals surface area contributed by atoms with Crippen molar-refractivity contribution in [1.82, 2.24) is 15.1 Å². The van der Waals surface area contributed by atoms with E-state index >= 15 is 0 Å². The molecule has 0 radical (unpaired) electrons. The fourth-order valence-corrected chi connectivity index (χ4v) is 2.10. The Balaban J connectivity index is 1.96. The normalized spacial score (nSPS) is 29.7. The van der Waals surface area contributed by atoms with Gasteiger partial charge < -0.3 is 10.2 Å². The maximum Gasteiger partial charge on any atom is 0.236 e. The summed E-state index contributed by atoms with van der Waals surface area (Å²) in [7, 11) is 3.85. The van der Waals surface area contributed by atoms with E-state index in [1.165, 1.54) is 12.8 Å². The minimum atomic E-state index is 0.267. The molecule has 80 valence electrons. The Labute approximate surface area is 85.2 Å². The number of hydrogen-bond acceptors (Lipinski definition) is 3. The molecule has 4 nitrogen and oxygen atoms in total. The molecule has 1 aliphatic carbocycles. The number of amides is 1. The summed E-state index contributed by atoms with van der Waals surface area (Å²) in [5.41, 5.74) is 0. The zero-order valence-electron chi connectivity index (χ0n) is 8.99. The van der Waals surface area contributed by atoms with Crippen molar-refractivity contribution in [2.45, 2.75) is 24.9 Å². The van der Waals surface area contributed by atoms with Gasteiger partial charge in [-0.15, -0.1) is 0 Å². The molecule has 0 bridgehead atoms. The quantitative estimate of drug-likeness (QED) is 0.663. The first kappa shape index (κ1) is 9.93. The molecule has 2 fully saturated rings. The highest BCUT2D eigenvalue weighted by Crippen LogP contribution is 2.28. The predicted molar refractivity (Wildman–Crippen MR) is 55.1 cm³/mol. The molecular formula is C10H19N3O. The Morgan fingerprint density at radius 1 is 1.50 bits per heavy atom. The van der Waals surface area contributed by atoms with Crippen LogP contribution in [0.1, 0.15) is 12.8 Å². The van der Waals surface area contributed by atoms with Crippen molar-refractivity contribution in [1.29, 1.82) is 0 Å². The minimum Gasteiger partial charge on any atom is -0.339 e. The van der Waals surface area contributed by atoms with Crippen LogP contribution >= 0.6 is 0 Å². The molecule has 0 aromatic carbocycles. The number of nitrogens with one attached hydrogen (secondary N) is 1. The van der Waals surface area contributed by atoms with Crippen LogP contribution in [0.25, 0.3) is 0 Å². The van der Waals surface area contributed by atoms with Gasteiger partial charge >= 0.3 is 0 Å². The third-order valence-corrected chi connectivity index (χ3v) is 3.23. The molecule has 4 heteroatoms. The van der Waals surface area contributed by atoms with Crippen molar-refractivity contribution < 1.29 is 4.79 Å². The summed E-state index contributed by atoms with van der Waals surface area (Å²) in [5.74, 6) is 0.267. The molecular weight excluding hydrogens is 178 g/mol. The fourth-order valence-electron chi connectivity index (χ4n) is 2.10. The van der Waals surface area contributed by atoms with E-state index in [-0.39, 0.29) is 5.91 Å². The van der Waals surface area contributed by atoms with Gasteiger partial charge in [-0.05, 0) is 19.9 Å². The Morgan fingerprint density at radius 2 is 2.21 bits per heavy atom. The van der Waals surface area contributed by atoms with Crippen LogP contribution in [0.15, 0.2) is 0 Å². The summed E-state index contributed by atoms with van der Waals surface area (Å²) in [6.45, 7) is 2.56. The molecule has 1 amide bonds. The molecule has 1 aliphatic heterocycles. The van der Waals surface area contributed by atoms with Crippen molar-refractivity contribution in [3.8, 4) is 0 Å². The molecule has 0 spiro atoms. The molecule has 2 aliphatic rings. The van der Waals surface area contributed by atoms with Crippen LogP contribution < -0.4 is 5.32 Å². The number of carbonyl (C=O) groups is 1. The van der Waals surface area contributed by atoms with Gasteiger partial charge in [-0.1, -0.05) is 0 Å². The molecule has 1 saturated carbocycles. The van der Waals surface area contributed by atoms with Gasteiger partial charge in [0.1, 0.15) is 0 Å². The first-order valence-corrected chi connectivity index (χ1v) is 5.36. The average Bonchev–Trinajstić information content (AvgIpc) is 2.96. The Hall–Kier alpha value is -0.610. The highest BCUT2D eigenvalue weighted by molar-refractivity contribution is 5.79. The van der Waals surface area contributed by atoms with Gasteiger partial charge in [-0.25, -0.2) is 0 Å². The lowest BCUT2D eigenvalue weighted by molar-refractivity contribution is -0.138. The summed E-state index contributed by atoms with van der Waals surface area (Å²) < 4.78 is 0. The second kappa shape index (κ2) is 3.87. The Kier molecular flexibility index (Phi) is 2.74. The minimum absolute atomic E-state index is 0.267. The predicted octanol–water partition coefficient (Wildman–Crippen LogP) is -0.489. The van der Waals surface area contributed by atoms with E-state index in [4.69, 9.17) is 0 Å². The molecule has 1 atom stereocenters. The topological polar surface area (TPSA) is 35.6 Å². The number of nitrogens with zero attached hydrogens (tertiary/aromatic N) is 2. The summed E-state index contributed by atoms with van der Waals surface area (Å²) >= 11 is 0. The van der Waals surface area contributed by atoms with Crippen LogP contribution in [-0.4, -0.2) is 61.5 Å². The Morgan fingerprint density at radius 3 is 2.79 bits per heavy atom. The highest BCUT2D eigenvalue weighted by Gasteiger charge is 2.37. The van der Waals surface area contributed by atoms with E-state index in [1.54, 1.807) is 0 Å². The van der Waals surface area contributed by atoms with Crippen LogP contribution in [0.2, 0.25) is 0 Å². The number of rotatable bonds is 3. The number of carbonyl (C=O) groups excluding carboxylic acids is 1. The van der Waals surface area contributed by atoms with Crippen LogP contribution in [-0.2, 0) is 4.79 Å². The lowest BCUT2D eigenvalue weighted by Crippen LogP contribution is -2.58. The van der Waals surface area contributed by atoms with Crippen molar-refractivity contribution in [2.24, 2.45) is 0 Å². The summed E-state index contributed by atoms with van der Waals surface area (Å²) in [6, 6.07) is 1.05. The van der Waals surface area contributed by atoms with E-state index in [1.807, 2.05) is 19.0 Å². The third kappa shape index (κ3) is 1.91. The van der Waals surface area contributed by atoms with E-state index in [9.17, 15) is 4.79 Å². The SMILES string of the molecule is CNCC1CN(C2CC2)CC(=O)N1C. The fraction of sp³-hybridized carbons (Fsp3) is 0.900. The molecule has 1 unspecified atom stereocenters. The molecule has 0 aromatic heterocycles. The van der Waals surface area contributed by atoms with Gasteiger partial charge in [-0.3, -0.25) is 9.69 Å². The second-order valence-corrected chi connectivity index (χ2v) is 4.38. The zero-order valence-corrected chi connectivity index (χ0v) is 8.99. The van der Waals surface area contributed by atoms with Crippen LogP contribution in [0.5, 0.6) is 0 Å². The van der Waals surface area contributed by atoms with Crippen LogP contribution in [0.3, 0.4) is 0 Å². The van der Waals surface area contributed by atoms with Gasteiger partial charge in [0.05, 0.1) is 12.6 Å². The molecule has 2 rings (SSSR count). The zero-order chi connectivity index (χ0) is 10.1. The number of piperazine rings is 1. The third-order valence-electron chi connectivity index (χ3n) is 3.23. The first-order valence-electron chi connectivity index (χ1n) is 5.36. The van der Waals surface area contributed by atoms with Gasteiger partial charge in [0.25, 0.3) is 0 Å². The van der Waals surface area contributed by atoms with Gasteiger partial charge in [0.2, 0.25) is 5.91 Å².